The Morgan fingerprint density at radius 2 is 2.11 bits per heavy atom. The van der Waals surface area contributed by atoms with Crippen LogP contribution in [-0.2, 0) is 0 Å². The molecule has 2 rings (SSSR count). The van der Waals surface area contributed by atoms with Crippen molar-refractivity contribution in [3.05, 3.63) is 23.8 Å². The lowest BCUT2D eigenvalue weighted by Crippen LogP contribution is -2.68. The molecule has 1 saturated heterocycles. The zero-order valence-electron chi connectivity index (χ0n) is 10.4. The van der Waals surface area contributed by atoms with Crippen LogP contribution in [0.4, 0.5) is 0 Å². The molecule has 5 heteroatoms. The van der Waals surface area contributed by atoms with E-state index >= 15 is 0 Å². The first kappa shape index (κ1) is 12.7. The van der Waals surface area contributed by atoms with Crippen LogP contribution in [0.1, 0.15) is 30.1 Å². The standard InChI is InChI=1S/C13H18N2O3/c1-2-5-13(14)7-15(8-13)12(18)10-6-9(16)3-4-11(10)17/h3-4,6,16-17H,2,5,7-8,14H2,1H3. The lowest BCUT2D eigenvalue weighted by molar-refractivity contribution is 0.0383. The minimum Gasteiger partial charge on any atom is -0.508 e. The van der Waals surface area contributed by atoms with Gasteiger partial charge in [0.05, 0.1) is 11.1 Å². The minimum atomic E-state index is -0.295. The minimum absolute atomic E-state index is 0.0377. The highest BCUT2D eigenvalue weighted by molar-refractivity contribution is 5.97. The Kier molecular flexibility index (Phi) is 3.17. The second-order valence-corrected chi connectivity index (χ2v) is 4.98. The number of benzene rings is 1. The summed E-state index contributed by atoms with van der Waals surface area (Å²) in [6.45, 7) is 3.05. The van der Waals surface area contributed by atoms with Crippen molar-refractivity contribution in [2.45, 2.75) is 25.3 Å². The summed E-state index contributed by atoms with van der Waals surface area (Å²) in [5.41, 5.74) is 5.91. The molecule has 0 radical (unpaired) electrons. The molecule has 4 N–H and O–H groups in total. The number of hydrogen-bond donors (Lipinski definition) is 3. The first-order valence-corrected chi connectivity index (χ1v) is 6.05. The number of nitrogens with two attached hydrogens (primary N) is 1. The van der Waals surface area contributed by atoms with Gasteiger partial charge in [0.1, 0.15) is 11.5 Å². The van der Waals surface area contributed by atoms with E-state index in [-0.39, 0.29) is 28.5 Å². The van der Waals surface area contributed by atoms with Gasteiger partial charge in [-0.1, -0.05) is 13.3 Å². The average Bonchev–Trinajstić information content (AvgIpc) is 2.28. The highest BCUT2D eigenvalue weighted by Gasteiger charge is 2.41. The fraction of sp³-hybridized carbons (Fsp3) is 0.462. The summed E-state index contributed by atoms with van der Waals surface area (Å²) in [6.07, 6.45) is 1.86. The molecular formula is C13H18N2O3. The molecule has 0 aromatic heterocycles. The van der Waals surface area contributed by atoms with Gasteiger partial charge in [-0.2, -0.15) is 0 Å². The van der Waals surface area contributed by atoms with Crippen LogP contribution in [0.5, 0.6) is 11.5 Å². The van der Waals surface area contributed by atoms with E-state index in [9.17, 15) is 15.0 Å². The van der Waals surface area contributed by atoms with E-state index < -0.39 is 0 Å². The number of hydrogen-bond acceptors (Lipinski definition) is 4. The third kappa shape index (κ3) is 2.26. The molecule has 18 heavy (non-hydrogen) atoms. The lowest BCUT2D eigenvalue weighted by atomic mass is 9.86. The van der Waals surface area contributed by atoms with Gasteiger partial charge in [0.15, 0.2) is 0 Å². The van der Waals surface area contributed by atoms with Crippen molar-refractivity contribution in [1.82, 2.24) is 4.90 Å². The van der Waals surface area contributed by atoms with Crippen LogP contribution >= 0.6 is 0 Å². The Hall–Kier alpha value is -1.75. The zero-order chi connectivity index (χ0) is 13.3. The van der Waals surface area contributed by atoms with E-state index in [1.54, 1.807) is 4.90 Å². The molecular weight excluding hydrogens is 232 g/mol. The number of nitrogens with zero attached hydrogens (tertiary/aromatic N) is 1. The van der Waals surface area contributed by atoms with Gasteiger partial charge in [-0.05, 0) is 24.6 Å². The maximum absolute atomic E-state index is 12.1. The van der Waals surface area contributed by atoms with Crippen LogP contribution in [0.3, 0.4) is 0 Å². The second-order valence-electron chi connectivity index (χ2n) is 4.98. The van der Waals surface area contributed by atoms with E-state index in [1.807, 2.05) is 0 Å². The van der Waals surface area contributed by atoms with Gasteiger partial charge < -0.3 is 20.8 Å². The van der Waals surface area contributed by atoms with Crippen LogP contribution in [0, 0.1) is 0 Å². The summed E-state index contributed by atoms with van der Waals surface area (Å²) >= 11 is 0. The van der Waals surface area contributed by atoms with Gasteiger partial charge >= 0.3 is 0 Å². The molecule has 0 bridgehead atoms. The molecule has 1 aromatic rings. The smallest absolute Gasteiger partial charge is 0.257 e. The van der Waals surface area contributed by atoms with Crippen molar-refractivity contribution in [3.63, 3.8) is 0 Å². The van der Waals surface area contributed by atoms with Crippen molar-refractivity contribution in [1.29, 1.82) is 0 Å². The Bertz CT molecular complexity index is 467. The largest absolute Gasteiger partial charge is 0.508 e. The molecule has 1 aliphatic heterocycles. The molecule has 1 amide bonds. The molecule has 1 fully saturated rings. The third-order valence-electron chi connectivity index (χ3n) is 3.26. The van der Waals surface area contributed by atoms with Gasteiger partial charge in [-0.15, -0.1) is 0 Å². The molecule has 0 spiro atoms. The summed E-state index contributed by atoms with van der Waals surface area (Å²) in [4.78, 5) is 13.7. The monoisotopic (exact) mass is 250 g/mol. The molecule has 1 aromatic carbocycles. The normalized spacial score (nSPS) is 17.3. The number of likely N-dealkylation sites (tertiary alicyclic amines) is 1. The highest BCUT2D eigenvalue weighted by atomic mass is 16.3. The molecule has 5 nitrogen and oxygen atoms in total. The maximum Gasteiger partial charge on any atom is 0.257 e. The number of rotatable bonds is 3. The highest BCUT2D eigenvalue weighted by Crippen LogP contribution is 2.29. The van der Waals surface area contributed by atoms with E-state index in [4.69, 9.17) is 5.73 Å². The van der Waals surface area contributed by atoms with Crippen molar-refractivity contribution in [2.75, 3.05) is 13.1 Å². The second kappa shape index (κ2) is 4.49. The topological polar surface area (TPSA) is 86.8 Å². The maximum atomic E-state index is 12.1. The fourth-order valence-electron chi connectivity index (χ4n) is 2.38. The molecule has 98 valence electrons. The molecule has 1 heterocycles. The summed E-state index contributed by atoms with van der Waals surface area (Å²) in [7, 11) is 0. The summed E-state index contributed by atoms with van der Waals surface area (Å²) in [5, 5.41) is 19.0. The van der Waals surface area contributed by atoms with Crippen molar-refractivity contribution in [2.24, 2.45) is 5.73 Å². The zero-order valence-corrected chi connectivity index (χ0v) is 10.4. The summed E-state index contributed by atoms with van der Waals surface area (Å²) in [6, 6.07) is 3.92. The van der Waals surface area contributed by atoms with Gasteiger partial charge in [-0.3, -0.25) is 4.79 Å². The first-order valence-electron chi connectivity index (χ1n) is 6.05. The van der Waals surface area contributed by atoms with E-state index in [2.05, 4.69) is 6.92 Å². The Morgan fingerprint density at radius 3 is 2.72 bits per heavy atom. The van der Waals surface area contributed by atoms with Crippen molar-refractivity contribution in [3.8, 4) is 11.5 Å². The van der Waals surface area contributed by atoms with E-state index in [0.717, 1.165) is 12.8 Å². The fourth-order valence-corrected chi connectivity index (χ4v) is 2.38. The molecule has 1 aliphatic rings. The Balaban J connectivity index is 2.08. The predicted molar refractivity (Wildman–Crippen MR) is 67.5 cm³/mol. The van der Waals surface area contributed by atoms with Gasteiger partial charge in [0.2, 0.25) is 0 Å². The van der Waals surface area contributed by atoms with Crippen LogP contribution in [0.25, 0.3) is 0 Å². The Labute approximate surface area is 106 Å². The quantitative estimate of drug-likeness (QED) is 0.700. The van der Waals surface area contributed by atoms with Crippen LogP contribution in [0.2, 0.25) is 0 Å². The summed E-state index contributed by atoms with van der Waals surface area (Å²) < 4.78 is 0. The third-order valence-corrected chi connectivity index (χ3v) is 3.26. The number of carbonyl (C=O) groups is 1. The van der Waals surface area contributed by atoms with E-state index in [0.29, 0.717) is 13.1 Å². The van der Waals surface area contributed by atoms with Crippen molar-refractivity contribution >= 4 is 5.91 Å². The lowest BCUT2D eigenvalue weighted by Gasteiger charge is -2.47. The van der Waals surface area contributed by atoms with E-state index in [1.165, 1.54) is 18.2 Å². The number of phenolic OH excluding ortho intramolecular Hbond substituents is 2. The molecule has 0 unspecified atom stereocenters. The number of phenols is 2. The SMILES string of the molecule is CCCC1(N)CN(C(=O)c2cc(O)ccc2O)C1. The first-order chi connectivity index (χ1) is 8.45. The number of amides is 1. The predicted octanol–water partition coefficient (Wildman–Crippen LogP) is 1.05. The van der Waals surface area contributed by atoms with Gasteiger partial charge in [0, 0.05) is 13.1 Å². The molecule has 0 saturated carbocycles. The Morgan fingerprint density at radius 1 is 1.44 bits per heavy atom. The van der Waals surface area contributed by atoms with Crippen molar-refractivity contribution < 1.29 is 15.0 Å². The summed E-state index contributed by atoms with van der Waals surface area (Å²) in [5.74, 6) is -0.451. The van der Waals surface area contributed by atoms with Gasteiger partial charge in [-0.25, -0.2) is 0 Å². The number of carbonyl (C=O) groups excluding carboxylic acids is 1. The van der Waals surface area contributed by atoms with Crippen LogP contribution in [-0.4, -0.2) is 39.6 Å². The van der Waals surface area contributed by atoms with Gasteiger partial charge in [0.25, 0.3) is 5.91 Å². The molecule has 0 atom stereocenters. The number of aromatic hydroxyl groups is 2. The molecule has 0 aliphatic carbocycles. The van der Waals surface area contributed by atoms with Crippen LogP contribution < -0.4 is 5.73 Å². The average molecular weight is 250 g/mol. The van der Waals surface area contributed by atoms with Crippen LogP contribution in [0.15, 0.2) is 18.2 Å².